The number of aromatic carboxylic acids is 1. The van der Waals surface area contributed by atoms with E-state index >= 15 is 0 Å². The van der Waals surface area contributed by atoms with Crippen LogP contribution in [0.3, 0.4) is 0 Å². The van der Waals surface area contributed by atoms with Crippen molar-refractivity contribution in [3.8, 4) is 0 Å². The first-order valence-electron chi connectivity index (χ1n) is 6.41. The van der Waals surface area contributed by atoms with Gasteiger partial charge in [0.1, 0.15) is 5.56 Å². The SMILES string of the molecule is O=C(O)c1ccc(N2C(=O)c3ccccc3C2=O)cc1[N+](=O)[O-]. The number of imide groups is 1. The summed E-state index contributed by atoms with van der Waals surface area (Å²) in [5.41, 5.74) is -0.861. The summed E-state index contributed by atoms with van der Waals surface area (Å²) in [5, 5.41) is 20.0. The molecule has 1 heterocycles. The monoisotopic (exact) mass is 312 g/mol. The number of benzene rings is 2. The Morgan fingerprint density at radius 1 is 1.04 bits per heavy atom. The number of rotatable bonds is 3. The largest absolute Gasteiger partial charge is 0.477 e. The summed E-state index contributed by atoms with van der Waals surface area (Å²) < 4.78 is 0. The summed E-state index contributed by atoms with van der Waals surface area (Å²) in [6, 6.07) is 9.26. The summed E-state index contributed by atoms with van der Waals surface area (Å²) in [4.78, 5) is 46.6. The number of nitro benzene ring substituents is 1. The van der Waals surface area contributed by atoms with Crippen molar-refractivity contribution in [1.82, 2.24) is 0 Å². The maximum Gasteiger partial charge on any atom is 0.342 e. The molecule has 8 nitrogen and oxygen atoms in total. The van der Waals surface area contributed by atoms with E-state index < -0.39 is 34.0 Å². The van der Waals surface area contributed by atoms with E-state index in [9.17, 15) is 24.5 Å². The number of anilines is 1. The van der Waals surface area contributed by atoms with Crippen molar-refractivity contribution in [2.24, 2.45) is 0 Å². The second-order valence-corrected chi connectivity index (χ2v) is 4.76. The zero-order valence-electron chi connectivity index (χ0n) is 11.4. The number of nitro groups is 1. The number of hydrogen-bond acceptors (Lipinski definition) is 5. The summed E-state index contributed by atoms with van der Waals surface area (Å²) in [5.74, 6) is -2.68. The fourth-order valence-electron chi connectivity index (χ4n) is 2.41. The van der Waals surface area contributed by atoms with E-state index in [1.807, 2.05) is 0 Å². The van der Waals surface area contributed by atoms with Crippen molar-refractivity contribution < 1.29 is 24.4 Å². The number of amides is 2. The normalized spacial score (nSPS) is 13.1. The van der Waals surface area contributed by atoms with Crippen LogP contribution in [0.15, 0.2) is 42.5 Å². The molecule has 114 valence electrons. The lowest BCUT2D eigenvalue weighted by atomic mass is 10.1. The Kier molecular flexibility index (Phi) is 3.14. The molecule has 1 aliphatic rings. The third-order valence-electron chi connectivity index (χ3n) is 3.46. The smallest absolute Gasteiger partial charge is 0.342 e. The van der Waals surface area contributed by atoms with Crippen LogP contribution >= 0.6 is 0 Å². The Balaban J connectivity index is 2.12. The highest BCUT2D eigenvalue weighted by Crippen LogP contribution is 2.32. The molecule has 2 aromatic rings. The van der Waals surface area contributed by atoms with Crippen molar-refractivity contribution in [2.75, 3.05) is 4.90 Å². The predicted molar refractivity (Wildman–Crippen MR) is 77.6 cm³/mol. The van der Waals surface area contributed by atoms with E-state index in [4.69, 9.17) is 5.11 Å². The van der Waals surface area contributed by atoms with Gasteiger partial charge < -0.3 is 5.11 Å². The Morgan fingerprint density at radius 2 is 1.61 bits per heavy atom. The molecule has 0 aliphatic carbocycles. The lowest BCUT2D eigenvalue weighted by Crippen LogP contribution is -2.29. The molecule has 0 aromatic heterocycles. The van der Waals surface area contributed by atoms with Crippen molar-refractivity contribution >= 4 is 29.2 Å². The van der Waals surface area contributed by atoms with Crippen LogP contribution in [0, 0.1) is 10.1 Å². The molecule has 8 heteroatoms. The van der Waals surface area contributed by atoms with Gasteiger partial charge in [-0.05, 0) is 24.3 Å². The van der Waals surface area contributed by atoms with Gasteiger partial charge in [0.25, 0.3) is 17.5 Å². The van der Waals surface area contributed by atoms with Crippen LogP contribution in [0.4, 0.5) is 11.4 Å². The standard InChI is InChI=1S/C15H8N2O6/c18-13-9-3-1-2-4-10(9)14(19)16(13)8-5-6-11(15(20)21)12(7-8)17(22)23/h1-7H,(H,20,21). The number of carboxylic acid groups (broad SMARTS) is 1. The molecular weight excluding hydrogens is 304 g/mol. The maximum absolute atomic E-state index is 12.3. The summed E-state index contributed by atoms with van der Waals surface area (Å²) >= 11 is 0. The minimum Gasteiger partial charge on any atom is -0.477 e. The fraction of sp³-hybridized carbons (Fsp3) is 0. The number of hydrogen-bond donors (Lipinski definition) is 1. The minimum atomic E-state index is -1.47. The highest BCUT2D eigenvalue weighted by molar-refractivity contribution is 6.34. The van der Waals surface area contributed by atoms with Gasteiger partial charge in [-0.2, -0.15) is 0 Å². The van der Waals surface area contributed by atoms with Crippen LogP contribution in [0.25, 0.3) is 0 Å². The molecular formula is C15H8N2O6. The number of carbonyl (C=O) groups is 3. The summed E-state index contributed by atoms with van der Waals surface area (Å²) in [7, 11) is 0. The summed E-state index contributed by atoms with van der Waals surface area (Å²) in [6.45, 7) is 0. The second-order valence-electron chi connectivity index (χ2n) is 4.76. The molecule has 0 unspecified atom stereocenters. The van der Waals surface area contributed by atoms with E-state index in [0.29, 0.717) is 0 Å². The average Bonchev–Trinajstić information content (AvgIpc) is 2.78. The van der Waals surface area contributed by atoms with Gasteiger partial charge in [0.2, 0.25) is 0 Å². The van der Waals surface area contributed by atoms with Gasteiger partial charge >= 0.3 is 5.97 Å². The van der Waals surface area contributed by atoms with Crippen LogP contribution < -0.4 is 4.90 Å². The Morgan fingerprint density at radius 3 is 2.09 bits per heavy atom. The molecule has 2 aromatic carbocycles. The van der Waals surface area contributed by atoms with E-state index in [0.717, 1.165) is 17.0 Å². The van der Waals surface area contributed by atoms with Gasteiger partial charge in [-0.1, -0.05) is 12.1 Å². The predicted octanol–water partition coefficient (Wildman–Crippen LogP) is 2.09. The van der Waals surface area contributed by atoms with Crippen LogP contribution in [0.2, 0.25) is 0 Å². The molecule has 0 fully saturated rings. The Bertz CT molecular complexity index is 854. The van der Waals surface area contributed by atoms with Crippen molar-refractivity contribution in [2.45, 2.75) is 0 Å². The third-order valence-corrected chi connectivity index (χ3v) is 3.46. The van der Waals surface area contributed by atoms with Crippen LogP contribution in [-0.4, -0.2) is 27.8 Å². The minimum absolute atomic E-state index is 0.0482. The zero-order chi connectivity index (χ0) is 16.7. The highest BCUT2D eigenvalue weighted by Gasteiger charge is 2.37. The van der Waals surface area contributed by atoms with Crippen molar-refractivity contribution in [1.29, 1.82) is 0 Å². The number of fused-ring (bicyclic) bond motifs is 1. The van der Waals surface area contributed by atoms with E-state index in [1.165, 1.54) is 18.2 Å². The Labute approximate surface area is 128 Å². The first kappa shape index (κ1) is 14.4. The first-order chi connectivity index (χ1) is 10.9. The molecule has 0 atom stereocenters. The van der Waals surface area contributed by atoms with Gasteiger partial charge in [-0.3, -0.25) is 19.7 Å². The molecule has 1 aliphatic heterocycles. The van der Waals surface area contributed by atoms with Gasteiger partial charge in [0.15, 0.2) is 0 Å². The molecule has 0 saturated heterocycles. The summed E-state index contributed by atoms with van der Waals surface area (Å²) in [6.07, 6.45) is 0. The molecule has 23 heavy (non-hydrogen) atoms. The topological polar surface area (TPSA) is 118 Å². The van der Waals surface area contributed by atoms with Gasteiger partial charge in [-0.15, -0.1) is 0 Å². The molecule has 3 rings (SSSR count). The van der Waals surface area contributed by atoms with E-state index in [-0.39, 0.29) is 16.8 Å². The van der Waals surface area contributed by atoms with Gasteiger partial charge in [0, 0.05) is 6.07 Å². The fourth-order valence-corrected chi connectivity index (χ4v) is 2.41. The number of carboxylic acids is 1. The lowest BCUT2D eigenvalue weighted by molar-refractivity contribution is -0.385. The highest BCUT2D eigenvalue weighted by atomic mass is 16.6. The molecule has 0 spiro atoms. The van der Waals surface area contributed by atoms with Crippen molar-refractivity contribution in [3.05, 3.63) is 69.3 Å². The van der Waals surface area contributed by atoms with E-state index in [2.05, 4.69) is 0 Å². The van der Waals surface area contributed by atoms with Crippen LogP contribution in [-0.2, 0) is 0 Å². The molecule has 0 radical (unpaired) electrons. The molecule has 2 amide bonds. The first-order valence-corrected chi connectivity index (χ1v) is 6.41. The third kappa shape index (κ3) is 2.13. The Hall–Kier alpha value is -3.55. The van der Waals surface area contributed by atoms with Gasteiger partial charge in [-0.25, -0.2) is 9.69 Å². The average molecular weight is 312 g/mol. The van der Waals surface area contributed by atoms with E-state index in [1.54, 1.807) is 12.1 Å². The van der Waals surface area contributed by atoms with Crippen LogP contribution in [0.5, 0.6) is 0 Å². The zero-order valence-corrected chi connectivity index (χ0v) is 11.4. The maximum atomic E-state index is 12.3. The quantitative estimate of drug-likeness (QED) is 0.526. The van der Waals surface area contributed by atoms with Crippen LogP contribution in [0.1, 0.15) is 31.1 Å². The second kappa shape index (κ2) is 5.02. The number of nitrogens with zero attached hydrogens (tertiary/aromatic N) is 2. The lowest BCUT2D eigenvalue weighted by Gasteiger charge is -2.14. The molecule has 0 bridgehead atoms. The molecule has 1 N–H and O–H groups in total. The number of carbonyl (C=O) groups excluding carboxylic acids is 2. The van der Waals surface area contributed by atoms with Gasteiger partial charge in [0.05, 0.1) is 21.7 Å². The van der Waals surface area contributed by atoms with Crippen molar-refractivity contribution in [3.63, 3.8) is 0 Å². The molecule has 0 saturated carbocycles.